The van der Waals surface area contributed by atoms with Gasteiger partial charge in [0.15, 0.2) is 4.45 Å². The van der Waals surface area contributed by atoms with Crippen molar-refractivity contribution < 1.29 is 0 Å². The van der Waals surface area contributed by atoms with E-state index in [1.54, 1.807) is 6.20 Å². The van der Waals surface area contributed by atoms with Gasteiger partial charge >= 0.3 is 0 Å². The maximum absolute atomic E-state index is 4.30. The highest BCUT2D eigenvalue weighted by Gasteiger charge is 2.28. The fourth-order valence-electron chi connectivity index (χ4n) is 1.25. The van der Waals surface area contributed by atoms with Crippen molar-refractivity contribution in [2.24, 2.45) is 0 Å². The summed E-state index contributed by atoms with van der Waals surface area (Å²) < 4.78 is 0.532. The lowest BCUT2D eigenvalue weighted by molar-refractivity contribution is 0.666. The van der Waals surface area contributed by atoms with E-state index in [0.717, 1.165) is 10.3 Å². The molecule has 14 heavy (non-hydrogen) atoms. The van der Waals surface area contributed by atoms with Gasteiger partial charge in [-0.25, -0.2) is 0 Å². The fourth-order valence-corrected chi connectivity index (χ4v) is 2.58. The second-order valence-corrected chi connectivity index (χ2v) is 5.03. The van der Waals surface area contributed by atoms with Crippen LogP contribution in [-0.4, -0.2) is 4.98 Å². The summed E-state index contributed by atoms with van der Waals surface area (Å²) in [5.74, 6) is 0. The fraction of sp³-hybridized carbons (Fsp3) is 0.100. The lowest BCUT2D eigenvalue weighted by Crippen LogP contribution is -2.34. The number of dihydropyridines is 1. The molecular formula is C10H8Br2N2. The monoisotopic (exact) mass is 314 g/mol. The highest BCUT2D eigenvalue weighted by Crippen LogP contribution is 2.32. The van der Waals surface area contributed by atoms with Crippen molar-refractivity contribution in [1.29, 1.82) is 0 Å². The molecule has 1 aromatic heterocycles. The lowest BCUT2D eigenvalue weighted by Gasteiger charge is -2.27. The number of nitrogens with zero attached hydrogens (tertiary/aromatic N) is 1. The number of hydrogen-bond donors (Lipinski definition) is 1. The van der Waals surface area contributed by atoms with E-state index < -0.39 is 4.45 Å². The molecule has 2 heterocycles. The number of rotatable bonds is 1. The Morgan fingerprint density at radius 3 is 2.86 bits per heavy atom. The van der Waals surface area contributed by atoms with Gasteiger partial charge in [-0.2, -0.15) is 0 Å². The van der Waals surface area contributed by atoms with Crippen LogP contribution in [0.1, 0.15) is 5.69 Å². The second-order valence-electron chi connectivity index (χ2n) is 2.93. The normalized spacial score (nSPS) is 25.4. The van der Waals surface area contributed by atoms with Gasteiger partial charge < -0.3 is 5.32 Å². The van der Waals surface area contributed by atoms with Crippen molar-refractivity contribution in [3.05, 3.63) is 52.9 Å². The van der Waals surface area contributed by atoms with Crippen LogP contribution in [0.5, 0.6) is 0 Å². The van der Waals surface area contributed by atoms with Crippen LogP contribution in [0.4, 0.5) is 0 Å². The minimum Gasteiger partial charge on any atom is -0.356 e. The molecule has 1 aliphatic rings. The van der Waals surface area contributed by atoms with Crippen LogP contribution in [0.3, 0.4) is 0 Å². The van der Waals surface area contributed by atoms with Crippen LogP contribution in [-0.2, 0) is 4.45 Å². The molecule has 0 saturated heterocycles. The van der Waals surface area contributed by atoms with Crippen LogP contribution in [0.2, 0.25) is 0 Å². The molecule has 1 unspecified atom stereocenters. The molecule has 1 aliphatic heterocycles. The number of nitrogens with one attached hydrogen (secondary N) is 1. The molecule has 4 heteroatoms. The number of hydrogen-bond acceptors (Lipinski definition) is 2. The van der Waals surface area contributed by atoms with Gasteiger partial charge in [0.25, 0.3) is 0 Å². The van der Waals surface area contributed by atoms with Crippen molar-refractivity contribution >= 4 is 31.9 Å². The zero-order chi connectivity index (χ0) is 10.0. The molecule has 1 N–H and O–H groups in total. The van der Waals surface area contributed by atoms with E-state index >= 15 is 0 Å². The van der Waals surface area contributed by atoms with Crippen molar-refractivity contribution in [3.63, 3.8) is 0 Å². The van der Waals surface area contributed by atoms with E-state index in [-0.39, 0.29) is 0 Å². The molecule has 1 atom stereocenters. The molecular weight excluding hydrogens is 308 g/mol. The zero-order valence-corrected chi connectivity index (χ0v) is 10.4. The summed E-state index contributed by atoms with van der Waals surface area (Å²) in [6.45, 7) is 0. The summed E-state index contributed by atoms with van der Waals surface area (Å²) in [7, 11) is 0. The van der Waals surface area contributed by atoms with Gasteiger partial charge in [0.2, 0.25) is 0 Å². The van der Waals surface area contributed by atoms with Gasteiger partial charge in [0.05, 0.1) is 10.3 Å². The van der Waals surface area contributed by atoms with Crippen LogP contribution < -0.4 is 5.32 Å². The van der Waals surface area contributed by atoms with E-state index in [4.69, 9.17) is 0 Å². The topological polar surface area (TPSA) is 24.9 Å². The van der Waals surface area contributed by atoms with Gasteiger partial charge in [0.1, 0.15) is 0 Å². The third-order valence-corrected chi connectivity index (χ3v) is 3.24. The van der Waals surface area contributed by atoms with Crippen LogP contribution in [0.15, 0.2) is 47.2 Å². The molecule has 2 rings (SSSR count). The van der Waals surface area contributed by atoms with Gasteiger partial charge in [-0.3, -0.25) is 4.98 Å². The molecule has 0 aliphatic carbocycles. The molecule has 0 saturated carbocycles. The SMILES string of the molecule is BrC1=CC=CC(Br)(c2ccccn2)N1. The van der Waals surface area contributed by atoms with Crippen molar-refractivity contribution in [3.8, 4) is 0 Å². The third kappa shape index (κ3) is 1.91. The molecule has 0 amide bonds. The standard InChI is InChI=1S/C10H8Br2N2/c11-9-5-3-6-10(12,14-9)8-4-1-2-7-13-8/h1-7,14H. The highest BCUT2D eigenvalue weighted by atomic mass is 79.9. The highest BCUT2D eigenvalue weighted by molar-refractivity contribution is 9.12. The van der Waals surface area contributed by atoms with E-state index in [1.165, 1.54) is 0 Å². The second kappa shape index (κ2) is 3.87. The first-order valence-electron chi connectivity index (χ1n) is 4.14. The van der Waals surface area contributed by atoms with E-state index in [2.05, 4.69) is 42.2 Å². The Balaban J connectivity index is 2.35. The van der Waals surface area contributed by atoms with Crippen LogP contribution >= 0.6 is 31.9 Å². The van der Waals surface area contributed by atoms with Gasteiger partial charge in [0, 0.05) is 6.20 Å². The zero-order valence-electron chi connectivity index (χ0n) is 7.24. The molecule has 0 spiro atoms. The Hall–Kier alpha value is -0.610. The summed E-state index contributed by atoms with van der Waals surface area (Å²) in [5.41, 5.74) is 0.932. The first-order valence-corrected chi connectivity index (χ1v) is 5.73. The lowest BCUT2D eigenvalue weighted by atomic mass is 10.1. The maximum atomic E-state index is 4.30. The number of pyridine rings is 1. The first-order chi connectivity index (χ1) is 6.71. The maximum Gasteiger partial charge on any atom is 0.155 e. The molecule has 1 aromatic rings. The number of allylic oxidation sites excluding steroid dienone is 2. The van der Waals surface area contributed by atoms with Gasteiger partial charge in [-0.15, -0.1) is 0 Å². The molecule has 0 aromatic carbocycles. The quantitative estimate of drug-likeness (QED) is 0.636. The van der Waals surface area contributed by atoms with Crippen LogP contribution in [0, 0.1) is 0 Å². The third-order valence-electron chi connectivity index (χ3n) is 1.91. The molecule has 2 nitrogen and oxygen atoms in total. The van der Waals surface area contributed by atoms with E-state index in [1.807, 2.05) is 36.4 Å². The first kappa shape index (κ1) is 9.93. The average Bonchev–Trinajstić information content (AvgIpc) is 2.19. The Morgan fingerprint density at radius 2 is 2.21 bits per heavy atom. The Bertz CT molecular complexity index is 386. The minimum atomic E-state index is -0.401. The van der Waals surface area contributed by atoms with Crippen molar-refractivity contribution in [1.82, 2.24) is 10.3 Å². The summed E-state index contributed by atoms with van der Waals surface area (Å²) in [5, 5.41) is 3.25. The average molecular weight is 316 g/mol. The van der Waals surface area contributed by atoms with Gasteiger partial charge in [-0.1, -0.05) is 12.1 Å². The van der Waals surface area contributed by atoms with Crippen molar-refractivity contribution in [2.75, 3.05) is 0 Å². The van der Waals surface area contributed by atoms with E-state index in [9.17, 15) is 0 Å². The summed E-state index contributed by atoms with van der Waals surface area (Å²) in [4.78, 5) is 4.30. The van der Waals surface area contributed by atoms with Crippen LogP contribution in [0.25, 0.3) is 0 Å². The Morgan fingerprint density at radius 1 is 1.36 bits per heavy atom. The predicted octanol–water partition coefficient (Wildman–Crippen LogP) is 3.03. The largest absolute Gasteiger partial charge is 0.356 e. The van der Waals surface area contributed by atoms with Gasteiger partial charge in [-0.05, 0) is 56.1 Å². The summed E-state index contributed by atoms with van der Waals surface area (Å²) >= 11 is 7.02. The molecule has 0 fully saturated rings. The predicted molar refractivity (Wildman–Crippen MR) is 64.1 cm³/mol. The molecule has 0 bridgehead atoms. The summed E-state index contributed by atoms with van der Waals surface area (Å²) in [6, 6.07) is 5.84. The molecule has 0 radical (unpaired) electrons. The van der Waals surface area contributed by atoms with Crippen molar-refractivity contribution in [2.45, 2.75) is 4.45 Å². The Kier molecular flexibility index (Phi) is 2.74. The molecule has 72 valence electrons. The number of aromatic nitrogens is 1. The van der Waals surface area contributed by atoms with E-state index in [0.29, 0.717) is 0 Å². The number of halogens is 2. The minimum absolute atomic E-state index is 0.401. The summed E-state index contributed by atoms with van der Waals surface area (Å²) in [6.07, 6.45) is 7.71. The number of alkyl halides is 1. The smallest absolute Gasteiger partial charge is 0.155 e. The Labute approximate surface area is 99.4 Å².